The van der Waals surface area contributed by atoms with Crippen LogP contribution in [0.3, 0.4) is 0 Å². The van der Waals surface area contributed by atoms with E-state index in [2.05, 4.69) is 39.4 Å². The van der Waals surface area contributed by atoms with Crippen LogP contribution in [0.5, 0.6) is 0 Å². The molecule has 0 aliphatic rings. The monoisotopic (exact) mass is 312 g/mol. The Hall–Kier alpha value is -2.70. The predicted molar refractivity (Wildman–Crippen MR) is 88.5 cm³/mol. The number of hydrogen-bond donors (Lipinski definition) is 2. The number of carbonyl (C=O) groups is 1. The first-order chi connectivity index (χ1) is 11.0. The summed E-state index contributed by atoms with van der Waals surface area (Å²) in [5.41, 5.74) is 2.97. The second kappa shape index (κ2) is 5.83. The van der Waals surface area contributed by atoms with Gasteiger partial charge in [-0.2, -0.15) is 10.2 Å². The minimum atomic E-state index is -0.212. The highest BCUT2D eigenvalue weighted by Crippen LogP contribution is 2.23. The van der Waals surface area contributed by atoms with Crippen LogP contribution in [0.15, 0.2) is 18.3 Å². The van der Waals surface area contributed by atoms with Gasteiger partial charge in [-0.15, -0.1) is 0 Å². The van der Waals surface area contributed by atoms with Crippen molar-refractivity contribution in [1.82, 2.24) is 25.0 Å². The topological polar surface area (TPSA) is 88.5 Å². The molecule has 7 heteroatoms. The molecule has 3 rings (SSSR count). The zero-order valence-corrected chi connectivity index (χ0v) is 13.7. The van der Waals surface area contributed by atoms with Crippen molar-refractivity contribution in [2.24, 2.45) is 0 Å². The van der Waals surface area contributed by atoms with Crippen LogP contribution in [0, 0.1) is 13.8 Å². The van der Waals surface area contributed by atoms with Crippen LogP contribution in [-0.2, 0) is 0 Å². The maximum absolute atomic E-state index is 12.6. The largest absolute Gasteiger partial charge is 0.305 e. The second-order valence-electron chi connectivity index (χ2n) is 5.79. The minimum absolute atomic E-state index is 0.212. The van der Waals surface area contributed by atoms with E-state index >= 15 is 0 Å². The molecule has 0 spiro atoms. The van der Waals surface area contributed by atoms with Crippen LogP contribution < -0.4 is 5.32 Å². The molecule has 0 aromatic carbocycles. The molecule has 0 aliphatic carbocycles. The fourth-order valence-corrected chi connectivity index (χ4v) is 2.49. The first kappa shape index (κ1) is 15.2. The summed E-state index contributed by atoms with van der Waals surface area (Å²) >= 11 is 0. The summed E-state index contributed by atoms with van der Waals surface area (Å²) in [6, 6.07) is 3.79. The van der Waals surface area contributed by atoms with E-state index in [0.29, 0.717) is 11.4 Å². The lowest BCUT2D eigenvalue weighted by atomic mass is 10.1. The normalized spacial score (nSPS) is 12.5. The lowest BCUT2D eigenvalue weighted by Crippen LogP contribution is -2.14. The van der Waals surface area contributed by atoms with Crippen molar-refractivity contribution in [2.75, 3.05) is 5.32 Å². The van der Waals surface area contributed by atoms with Gasteiger partial charge in [0, 0.05) is 17.5 Å². The number of aryl methyl sites for hydroxylation is 2. The third-order valence-electron chi connectivity index (χ3n) is 3.90. The molecule has 3 heterocycles. The zero-order valence-electron chi connectivity index (χ0n) is 13.7. The van der Waals surface area contributed by atoms with Crippen LogP contribution in [0.4, 0.5) is 5.82 Å². The van der Waals surface area contributed by atoms with Crippen molar-refractivity contribution in [3.63, 3.8) is 0 Å². The number of nitrogens with zero attached hydrogens (tertiary/aromatic N) is 4. The number of aromatic nitrogens is 5. The number of hydrogen-bond acceptors (Lipinski definition) is 4. The van der Waals surface area contributed by atoms with Gasteiger partial charge in [0.15, 0.2) is 11.5 Å². The van der Waals surface area contributed by atoms with Crippen molar-refractivity contribution < 1.29 is 4.79 Å². The maximum Gasteiger partial charge on any atom is 0.257 e. The number of fused-ring (bicyclic) bond motifs is 1. The lowest BCUT2D eigenvalue weighted by Gasteiger charge is -2.11. The van der Waals surface area contributed by atoms with Crippen molar-refractivity contribution >= 4 is 22.8 Å². The van der Waals surface area contributed by atoms with Crippen LogP contribution in [-0.4, -0.2) is 30.9 Å². The Balaban J connectivity index is 2.03. The van der Waals surface area contributed by atoms with E-state index in [9.17, 15) is 4.79 Å². The maximum atomic E-state index is 12.6. The fourth-order valence-electron chi connectivity index (χ4n) is 2.49. The Labute approximate surface area is 134 Å². The van der Waals surface area contributed by atoms with Crippen molar-refractivity contribution in [3.8, 4) is 0 Å². The molecule has 3 aromatic rings. The predicted octanol–water partition coefficient (Wildman–Crippen LogP) is 2.99. The number of anilines is 1. The zero-order chi connectivity index (χ0) is 16.6. The summed E-state index contributed by atoms with van der Waals surface area (Å²) in [7, 11) is 0. The summed E-state index contributed by atoms with van der Waals surface area (Å²) in [5, 5.41) is 14.8. The molecule has 23 heavy (non-hydrogen) atoms. The fraction of sp³-hybridized carbons (Fsp3) is 0.375. The highest BCUT2D eigenvalue weighted by Gasteiger charge is 2.18. The minimum Gasteiger partial charge on any atom is -0.305 e. The molecule has 0 saturated heterocycles. The Kier molecular flexibility index (Phi) is 3.85. The Morgan fingerprint density at radius 3 is 2.83 bits per heavy atom. The third kappa shape index (κ3) is 2.81. The van der Waals surface area contributed by atoms with Crippen molar-refractivity contribution in [1.29, 1.82) is 0 Å². The first-order valence-electron chi connectivity index (χ1n) is 7.67. The van der Waals surface area contributed by atoms with Crippen LogP contribution >= 0.6 is 0 Å². The number of aromatic amines is 1. The molecule has 1 unspecified atom stereocenters. The Morgan fingerprint density at radius 2 is 2.17 bits per heavy atom. The van der Waals surface area contributed by atoms with E-state index in [1.807, 2.05) is 18.5 Å². The molecule has 0 bridgehead atoms. The number of nitrogens with one attached hydrogen (secondary N) is 2. The highest BCUT2D eigenvalue weighted by molar-refractivity contribution is 6.11. The van der Waals surface area contributed by atoms with E-state index in [1.54, 1.807) is 18.3 Å². The third-order valence-corrected chi connectivity index (χ3v) is 3.90. The van der Waals surface area contributed by atoms with Gasteiger partial charge in [-0.3, -0.25) is 9.89 Å². The van der Waals surface area contributed by atoms with Gasteiger partial charge in [-0.05, 0) is 33.3 Å². The van der Waals surface area contributed by atoms with E-state index < -0.39 is 0 Å². The molecular weight excluding hydrogens is 292 g/mol. The molecule has 3 aromatic heterocycles. The highest BCUT2D eigenvalue weighted by atomic mass is 16.1. The summed E-state index contributed by atoms with van der Waals surface area (Å²) in [6.45, 7) is 7.95. The molecule has 0 saturated carbocycles. The van der Waals surface area contributed by atoms with Crippen LogP contribution in [0.25, 0.3) is 11.0 Å². The number of pyridine rings is 1. The number of H-pyrrole nitrogens is 1. The van der Waals surface area contributed by atoms with Crippen LogP contribution in [0.2, 0.25) is 0 Å². The average molecular weight is 312 g/mol. The molecular formula is C16H20N6O. The standard InChI is InChI=1S/C16H20N6O/c1-5-11(4)22-15-13(8-17-22)12(6-9(2)18-15)16(23)19-14-7-10(3)20-21-14/h6-8,11H,5H2,1-4H3,(H2,19,20,21,23). The van der Waals surface area contributed by atoms with Gasteiger partial charge in [0.25, 0.3) is 5.91 Å². The summed E-state index contributed by atoms with van der Waals surface area (Å²) in [5.74, 6) is 0.292. The quantitative estimate of drug-likeness (QED) is 0.775. The molecule has 1 amide bonds. The molecule has 1 atom stereocenters. The van der Waals surface area contributed by atoms with Gasteiger partial charge in [-0.1, -0.05) is 6.92 Å². The number of rotatable bonds is 4. The van der Waals surface area contributed by atoms with Gasteiger partial charge < -0.3 is 5.32 Å². The van der Waals surface area contributed by atoms with Crippen molar-refractivity contribution in [3.05, 3.63) is 35.3 Å². The molecule has 0 aliphatic heterocycles. The van der Waals surface area contributed by atoms with Gasteiger partial charge in [0.05, 0.1) is 23.2 Å². The molecule has 2 N–H and O–H groups in total. The van der Waals surface area contributed by atoms with E-state index in [1.165, 1.54) is 0 Å². The summed E-state index contributed by atoms with van der Waals surface area (Å²) < 4.78 is 1.87. The molecule has 0 radical (unpaired) electrons. The summed E-state index contributed by atoms with van der Waals surface area (Å²) in [6.07, 6.45) is 2.65. The van der Waals surface area contributed by atoms with Crippen molar-refractivity contribution in [2.45, 2.75) is 40.2 Å². The van der Waals surface area contributed by atoms with E-state index in [-0.39, 0.29) is 11.9 Å². The molecule has 0 fully saturated rings. The SMILES string of the molecule is CCC(C)n1ncc2c(C(=O)Nc3cc(C)[nH]n3)cc(C)nc21. The lowest BCUT2D eigenvalue weighted by molar-refractivity contribution is 0.102. The number of amides is 1. The van der Waals surface area contributed by atoms with Gasteiger partial charge in [0.1, 0.15) is 0 Å². The Morgan fingerprint density at radius 1 is 1.39 bits per heavy atom. The molecule has 120 valence electrons. The van der Waals surface area contributed by atoms with Gasteiger partial charge in [-0.25, -0.2) is 9.67 Å². The Bertz CT molecular complexity index is 863. The van der Waals surface area contributed by atoms with E-state index in [4.69, 9.17) is 0 Å². The summed E-state index contributed by atoms with van der Waals surface area (Å²) in [4.78, 5) is 17.2. The smallest absolute Gasteiger partial charge is 0.257 e. The van der Waals surface area contributed by atoms with Gasteiger partial charge >= 0.3 is 0 Å². The number of carbonyl (C=O) groups excluding carboxylic acids is 1. The average Bonchev–Trinajstić information content (AvgIpc) is 3.11. The van der Waals surface area contributed by atoms with Gasteiger partial charge in [0.2, 0.25) is 0 Å². The van der Waals surface area contributed by atoms with Crippen LogP contribution in [0.1, 0.15) is 48.1 Å². The molecule has 7 nitrogen and oxygen atoms in total. The van der Waals surface area contributed by atoms with E-state index in [0.717, 1.165) is 28.8 Å². The first-order valence-corrected chi connectivity index (χ1v) is 7.67. The second-order valence-corrected chi connectivity index (χ2v) is 5.79.